The van der Waals surface area contributed by atoms with E-state index in [0.717, 1.165) is 22.3 Å². The normalized spacial score (nSPS) is 56.7. The van der Waals surface area contributed by atoms with Gasteiger partial charge in [0, 0.05) is 10.5 Å². The summed E-state index contributed by atoms with van der Waals surface area (Å²) in [7, 11) is 0. The monoisotopic (exact) mass is 142 g/mol. The van der Waals surface area contributed by atoms with Crippen LogP contribution in [0.5, 0.6) is 0 Å². The molecule has 0 nitrogen and oxygen atoms in total. The van der Waals surface area contributed by atoms with Gasteiger partial charge in [-0.15, -0.1) is 0 Å². The van der Waals surface area contributed by atoms with Crippen molar-refractivity contribution in [2.45, 2.75) is 37.2 Å². The zero-order chi connectivity index (χ0) is 6.43. The molecule has 0 aromatic rings. The molecule has 2 rings (SSSR count). The fourth-order valence-electron chi connectivity index (χ4n) is 2.10. The smallest absolute Gasteiger partial charge is 0.00789 e. The van der Waals surface area contributed by atoms with Crippen LogP contribution in [0.2, 0.25) is 0 Å². The molecule has 9 heavy (non-hydrogen) atoms. The molecular formula is C8H14S. The molecule has 2 aliphatic heterocycles. The van der Waals surface area contributed by atoms with E-state index >= 15 is 0 Å². The second-order valence-electron chi connectivity index (χ2n) is 3.64. The molecule has 0 spiro atoms. The van der Waals surface area contributed by atoms with E-state index in [2.05, 4.69) is 25.6 Å². The van der Waals surface area contributed by atoms with Gasteiger partial charge in [0.25, 0.3) is 0 Å². The summed E-state index contributed by atoms with van der Waals surface area (Å²) < 4.78 is 0. The molecule has 4 atom stereocenters. The zero-order valence-electron chi connectivity index (χ0n) is 6.13. The highest BCUT2D eigenvalue weighted by Gasteiger charge is 2.42. The molecule has 2 heterocycles. The lowest BCUT2D eigenvalue weighted by atomic mass is 9.84. The van der Waals surface area contributed by atoms with Crippen molar-refractivity contribution >= 4 is 11.8 Å². The van der Waals surface area contributed by atoms with Gasteiger partial charge in [0.1, 0.15) is 0 Å². The average Bonchev–Trinajstić information content (AvgIpc) is 2.24. The molecule has 0 N–H and O–H groups in total. The maximum atomic E-state index is 2.41. The van der Waals surface area contributed by atoms with E-state index in [0.29, 0.717) is 0 Å². The van der Waals surface area contributed by atoms with E-state index < -0.39 is 0 Å². The van der Waals surface area contributed by atoms with Crippen LogP contribution in [-0.4, -0.2) is 10.5 Å². The first kappa shape index (κ1) is 6.09. The van der Waals surface area contributed by atoms with Crippen molar-refractivity contribution in [2.75, 3.05) is 0 Å². The second kappa shape index (κ2) is 1.91. The standard InChI is InChI=1S/C8H14S/c1-5-3-8-6(2)4-7(5)9-8/h5-8H,3-4H2,1-2H3/t5-,6-,7+,8+/m0/s1. The molecular weight excluding hydrogens is 128 g/mol. The Bertz CT molecular complexity index is 104. The number of hydrogen-bond donors (Lipinski definition) is 0. The van der Waals surface area contributed by atoms with Gasteiger partial charge in [-0.2, -0.15) is 11.8 Å². The predicted molar refractivity (Wildman–Crippen MR) is 42.7 cm³/mol. The van der Waals surface area contributed by atoms with Crippen molar-refractivity contribution in [3.8, 4) is 0 Å². The molecule has 0 aromatic carbocycles. The van der Waals surface area contributed by atoms with Gasteiger partial charge in [-0.25, -0.2) is 0 Å². The lowest BCUT2D eigenvalue weighted by Gasteiger charge is -2.19. The quantitative estimate of drug-likeness (QED) is 0.501. The fraction of sp³-hybridized carbons (Fsp3) is 1.00. The summed E-state index contributed by atoms with van der Waals surface area (Å²) in [5.41, 5.74) is 0. The summed E-state index contributed by atoms with van der Waals surface area (Å²) in [6, 6.07) is 0. The van der Waals surface area contributed by atoms with Crippen molar-refractivity contribution in [1.29, 1.82) is 0 Å². The Kier molecular flexibility index (Phi) is 1.29. The van der Waals surface area contributed by atoms with Crippen molar-refractivity contribution in [2.24, 2.45) is 11.8 Å². The lowest BCUT2D eigenvalue weighted by molar-refractivity contribution is 0.365. The Labute approximate surface area is 61.4 Å². The van der Waals surface area contributed by atoms with E-state index in [9.17, 15) is 0 Å². The Morgan fingerprint density at radius 1 is 1.00 bits per heavy atom. The van der Waals surface area contributed by atoms with E-state index in [-0.39, 0.29) is 0 Å². The Morgan fingerprint density at radius 3 is 1.67 bits per heavy atom. The van der Waals surface area contributed by atoms with Crippen LogP contribution >= 0.6 is 11.8 Å². The molecule has 52 valence electrons. The van der Waals surface area contributed by atoms with Crippen LogP contribution in [0.15, 0.2) is 0 Å². The van der Waals surface area contributed by atoms with Gasteiger partial charge < -0.3 is 0 Å². The minimum absolute atomic E-state index is 1.02. The largest absolute Gasteiger partial charge is 0.155 e. The molecule has 0 saturated carbocycles. The zero-order valence-corrected chi connectivity index (χ0v) is 6.95. The number of fused-ring (bicyclic) bond motifs is 2. The van der Waals surface area contributed by atoms with Crippen molar-refractivity contribution in [3.05, 3.63) is 0 Å². The van der Waals surface area contributed by atoms with Gasteiger partial charge in [-0.05, 0) is 24.7 Å². The fourth-order valence-corrected chi connectivity index (χ4v) is 4.14. The van der Waals surface area contributed by atoms with Crippen LogP contribution in [0, 0.1) is 11.8 Å². The van der Waals surface area contributed by atoms with E-state index in [1.165, 1.54) is 12.8 Å². The second-order valence-corrected chi connectivity index (χ2v) is 5.12. The summed E-state index contributed by atoms with van der Waals surface area (Å²) in [6.45, 7) is 4.81. The van der Waals surface area contributed by atoms with Gasteiger partial charge in [0.05, 0.1) is 0 Å². The minimum atomic E-state index is 1.02. The molecule has 1 heteroatoms. The number of hydrogen-bond acceptors (Lipinski definition) is 1. The summed E-state index contributed by atoms with van der Waals surface area (Å²) in [5, 5.41) is 2.06. The summed E-state index contributed by atoms with van der Waals surface area (Å²) >= 11 is 2.25. The molecule has 0 aliphatic carbocycles. The number of thioether (sulfide) groups is 1. The summed E-state index contributed by atoms with van der Waals surface area (Å²) in [4.78, 5) is 0. The molecule has 2 saturated heterocycles. The summed E-state index contributed by atoms with van der Waals surface area (Å²) in [5.74, 6) is 2.05. The Morgan fingerprint density at radius 2 is 1.44 bits per heavy atom. The van der Waals surface area contributed by atoms with Crippen molar-refractivity contribution in [3.63, 3.8) is 0 Å². The molecule has 2 aliphatic rings. The van der Waals surface area contributed by atoms with Crippen LogP contribution in [0.1, 0.15) is 26.7 Å². The molecule has 2 bridgehead atoms. The molecule has 0 radical (unpaired) electrons. The van der Waals surface area contributed by atoms with Crippen LogP contribution in [0.4, 0.5) is 0 Å². The molecule has 0 unspecified atom stereocenters. The molecule has 0 amide bonds. The topological polar surface area (TPSA) is 0 Å². The highest BCUT2D eigenvalue weighted by molar-refractivity contribution is 8.01. The van der Waals surface area contributed by atoms with Gasteiger partial charge in [0.2, 0.25) is 0 Å². The van der Waals surface area contributed by atoms with Crippen LogP contribution in [0.3, 0.4) is 0 Å². The molecule has 0 aromatic heterocycles. The number of rotatable bonds is 0. The minimum Gasteiger partial charge on any atom is -0.155 e. The first-order valence-electron chi connectivity index (χ1n) is 3.93. The maximum absolute atomic E-state index is 2.41. The molecule has 2 fully saturated rings. The first-order chi connectivity index (χ1) is 4.27. The maximum Gasteiger partial charge on any atom is 0.00789 e. The van der Waals surface area contributed by atoms with E-state index in [4.69, 9.17) is 0 Å². The first-order valence-corrected chi connectivity index (χ1v) is 4.87. The lowest BCUT2D eigenvalue weighted by Crippen LogP contribution is -2.18. The van der Waals surface area contributed by atoms with Crippen LogP contribution < -0.4 is 0 Å². The van der Waals surface area contributed by atoms with Crippen molar-refractivity contribution < 1.29 is 0 Å². The average molecular weight is 142 g/mol. The van der Waals surface area contributed by atoms with Crippen LogP contribution in [0.25, 0.3) is 0 Å². The SMILES string of the molecule is C[C@H]1C[C@H]2S[C@@H]1C[C@@H]2C. The highest BCUT2D eigenvalue weighted by atomic mass is 32.2. The Hall–Kier alpha value is 0.350. The van der Waals surface area contributed by atoms with E-state index in [1.807, 2.05) is 0 Å². The van der Waals surface area contributed by atoms with Crippen LogP contribution in [-0.2, 0) is 0 Å². The van der Waals surface area contributed by atoms with E-state index in [1.54, 1.807) is 0 Å². The van der Waals surface area contributed by atoms with Gasteiger partial charge in [0.15, 0.2) is 0 Å². The van der Waals surface area contributed by atoms with Gasteiger partial charge in [-0.3, -0.25) is 0 Å². The summed E-state index contributed by atoms with van der Waals surface area (Å²) in [6.07, 6.45) is 2.99. The van der Waals surface area contributed by atoms with Crippen molar-refractivity contribution in [1.82, 2.24) is 0 Å². The third-order valence-corrected chi connectivity index (χ3v) is 4.84. The Balaban J connectivity index is 2.10. The highest BCUT2D eigenvalue weighted by Crippen LogP contribution is 2.51. The van der Waals surface area contributed by atoms with Gasteiger partial charge >= 0.3 is 0 Å². The third kappa shape index (κ3) is 0.813. The predicted octanol–water partition coefficient (Wildman–Crippen LogP) is 2.54. The van der Waals surface area contributed by atoms with Gasteiger partial charge in [-0.1, -0.05) is 13.8 Å². The third-order valence-electron chi connectivity index (χ3n) is 2.83.